The molecule has 1 aromatic heterocycles. The van der Waals surface area contributed by atoms with Gasteiger partial charge < -0.3 is 15.5 Å². The van der Waals surface area contributed by atoms with E-state index < -0.39 is 0 Å². The smallest absolute Gasteiger partial charge is 0.191 e. The molecule has 154 valence electrons. The van der Waals surface area contributed by atoms with E-state index in [4.69, 9.17) is 0 Å². The standard InChI is InChI=1S/C22H36N6/c1-16(13-21-17(2)26-28(7)18(21)3)25-22(23-4)24-15-20(27(5)6)14-19-11-9-8-10-12-19/h8-12,16,20H,13-15H2,1-7H3,(H2,23,24,25). The van der Waals surface area contributed by atoms with E-state index >= 15 is 0 Å². The highest BCUT2D eigenvalue weighted by molar-refractivity contribution is 5.80. The van der Waals surface area contributed by atoms with E-state index in [2.05, 4.69) is 90.8 Å². The Balaban J connectivity index is 1.91. The second kappa shape index (κ2) is 10.3. The van der Waals surface area contributed by atoms with Gasteiger partial charge in [-0.15, -0.1) is 0 Å². The number of nitrogens with zero attached hydrogens (tertiary/aromatic N) is 4. The predicted octanol–water partition coefficient (Wildman–Crippen LogP) is 2.31. The van der Waals surface area contributed by atoms with Crippen LogP contribution in [0.15, 0.2) is 35.3 Å². The molecule has 0 spiro atoms. The number of aromatic nitrogens is 2. The van der Waals surface area contributed by atoms with Crippen LogP contribution in [0, 0.1) is 13.8 Å². The number of likely N-dealkylation sites (N-methyl/N-ethyl adjacent to an activating group) is 1. The zero-order valence-electron chi connectivity index (χ0n) is 18.5. The van der Waals surface area contributed by atoms with Gasteiger partial charge in [-0.25, -0.2) is 0 Å². The van der Waals surface area contributed by atoms with E-state index in [1.54, 1.807) is 0 Å². The third kappa shape index (κ3) is 6.09. The van der Waals surface area contributed by atoms with Crippen LogP contribution in [0.25, 0.3) is 0 Å². The largest absolute Gasteiger partial charge is 0.355 e. The first-order valence-electron chi connectivity index (χ1n) is 9.98. The van der Waals surface area contributed by atoms with Crippen LogP contribution >= 0.6 is 0 Å². The number of guanidine groups is 1. The van der Waals surface area contributed by atoms with E-state index in [1.165, 1.54) is 16.8 Å². The zero-order chi connectivity index (χ0) is 20.7. The van der Waals surface area contributed by atoms with E-state index in [9.17, 15) is 0 Å². The quantitative estimate of drug-likeness (QED) is 0.542. The summed E-state index contributed by atoms with van der Waals surface area (Å²) < 4.78 is 1.95. The lowest BCUT2D eigenvalue weighted by Crippen LogP contribution is -2.48. The number of benzene rings is 1. The van der Waals surface area contributed by atoms with Crippen LogP contribution in [-0.4, -0.2) is 60.4 Å². The maximum atomic E-state index is 4.52. The maximum Gasteiger partial charge on any atom is 0.191 e. The lowest BCUT2D eigenvalue weighted by Gasteiger charge is -2.26. The molecule has 0 saturated carbocycles. The van der Waals surface area contributed by atoms with Crippen molar-refractivity contribution in [1.29, 1.82) is 0 Å². The summed E-state index contributed by atoms with van der Waals surface area (Å²) in [5.41, 5.74) is 4.99. The number of rotatable bonds is 8. The van der Waals surface area contributed by atoms with Crippen LogP contribution in [0.4, 0.5) is 0 Å². The van der Waals surface area contributed by atoms with Crippen LogP contribution in [-0.2, 0) is 19.9 Å². The Labute approximate surface area is 170 Å². The summed E-state index contributed by atoms with van der Waals surface area (Å²) in [5, 5.41) is 11.5. The Kier molecular flexibility index (Phi) is 8.05. The fraction of sp³-hybridized carbons (Fsp3) is 0.545. The highest BCUT2D eigenvalue weighted by atomic mass is 15.3. The number of aryl methyl sites for hydroxylation is 2. The van der Waals surface area contributed by atoms with Crippen LogP contribution in [0.1, 0.15) is 29.4 Å². The molecule has 0 aliphatic rings. The first kappa shape index (κ1) is 22.0. The fourth-order valence-electron chi connectivity index (χ4n) is 3.44. The van der Waals surface area contributed by atoms with Gasteiger partial charge in [-0.2, -0.15) is 5.10 Å². The van der Waals surface area contributed by atoms with E-state index in [-0.39, 0.29) is 6.04 Å². The van der Waals surface area contributed by atoms with E-state index in [0.29, 0.717) is 6.04 Å². The molecule has 2 N–H and O–H groups in total. The van der Waals surface area contributed by atoms with Crippen LogP contribution < -0.4 is 10.6 Å². The van der Waals surface area contributed by atoms with E-state index in [0.717, 1.165) is 31.0 Å². The zero-order valence-corrected chi connectivity index (χ0v) is 18.5. The highest BCUT2D eigenvalue weighted by Gasteiger charge is 2.16. The maximum absolute atomic E-state index is 4.52. The number of aliphatic imine (C=N–C) groups is 1. The first-order chi connectivity index (χ1) is 13.3. The lowest BCUT2D eigenvalue weighted by molar-refractivity contribution is 0.290. The van der Waals surface area contributed by atoms with Gasteiger partial charge in [0.05, 0.1) is 5.69 Å². The fourth-order valence-corrected chi connectivity index (χ4v) is 3.44. The molecule has 0 aliphatic carbocycles. The summed E-state index contributed by atoms with van der Waals surface area (Å²) in [7, 11) is 8.08. The van der Waals surface area contributed by atoms with Gasteiger partial charge in [0, 0.05) is 38.4 Å². The second-order valence-electron chi connectivity index (χ2n) is 7.78. The van der Waals surface area contributed by atoms with Gasteiger partial charge in [0.2, 0.25) is 0 Å². The lowest BCUT2D eigenvalue weighted by atomic mass is 10.0. The van der Waals surface area contributed by atoms with Crippen molar-refractivity contribution in [2.24, 2.45) is 12.0 Å². The summed E-state index contributed by atoms with van der Waals surface area (Å²) in [6.07, 6.45) is 1.93. The highest BCUT2D eigenvalue weighted by Crippen LogP contribution is 2.14. The van der Waals surface area contributed by atoms with Crippen molar-refractivity contribution in [3.05, 3.63) is 52.8 Å². The topological polar surface area (TPSA) is 57.5 Å². The van der Waals surface area contributed by atoms with Crippen molar-refractivity contribution < 1.29 is 0 Å². The molecule has 0 bridgehead atoms. The monoisotopic (exact) mass is 384 g/mol. The minimum Gasteiger partial charge on any atom is -0.355 e. The van der Waals surface area contributed by atoms with Crippen molar-refractivity contribution in [2.75, 3.05) is 27.7 Å². The Hall–Kier alpha value is -2.34. The van der Waals surface area contributed by atoms with Crippen LogP contribution in [0.5, 0.6) is 0 Å². The Morgan fingerprint density at radius 2 is 1.86 bits per heavy atom. The number of hydrogen-bond acceptors (Lipinski definition) is 3. The van der Waals surface area contributed by atoms with Gasteiger partial charge in [0.15, 0.2) is 5.96 Å². The molecule has 6 heteroatoms. The summed E-state index contributed by atoms with van der Waals surface area (Å²) in [5.74, 6) is 0.839. The van der Waals surface area contributed by atoms with Crippen molar-refractivity contribution in [1.82, 2.24) is 25.3 Å². The number of hydrogen-bond donors (Lipinski definition) is 2. The summed E-state index contributed by atoms with van der Waals surface area (Å²) in [6, 6.07) is 11.3. The molecule has 0 amide bonds. The second-order valence-corrected chi connectivity index (χ2v) is 7.78. The molecule has 0 aliphatic heterocycles. The normalized spacial score (nSPS) is 14.2. The molecule has 0 saturated heterocycles. The summed E-state index contributed by atoms with van der Waals surface area (Å²) in [6.45, 7) is 7.22. The third-order valence-electron chi connectivity index (χ3n) is 5.33. The van der Waals surface area contributed by atoms with E-state index in [1.807, 2.05) is 18.8 Å². The number of nitrogens with one attached hydrogen (secondary N) is 2. The van der Waals surface area contributed by atoms with Gasteiger partial charge in [-0.1, -0.05) is 30.3 Å². The molecule has 2 aromatic rings. The molecule has 1 aromatic carbocycles. The third-order valence-corrected chi connectivity index (χ3v) is 5.33. The van der Waals surface area contributed by atoms with Gasteiger partial charge in [-0.05, 0) is 58.8 Å². The van der Waals surface area contributed by atoms with Crippen LogP contribution in [0.2, 0.25) is 0 Å². The van der Waals surface area contributed by atoms with Crippen LogP contribution in [0.3, 0.4) is 0 Å². The Morgan fingerprint density at radius 3 is 2.39 bits per heavy atom. The molecule has 1 heterocycles. The predicted molar refractivity (Wildman–Crippen MR) is 118 cm³/mol. The van der Waals surface area contributed by atoms with Gasteiger partial charge >= 0.3 is 0 Å². The molecule has 2 atom stereocenters. The molecular weight excluding hydrogens is 348 g/mol. The molecule has 28 heavy (non-hydrogen) atoms. The summed E-state index contributed by atoms with van der Waals surface area (Å²) in [4.78, 5) is 6.68. The molecule has 0 fully saturated rings. The van der Waals surface area contributed by atoms with Gasteiger partial charge in [0.1, 0.15) is 0 Å². The summed E-state index contributed by atoms with van der Waals surface area (Å²) >= 11 is 0. The molecule has 6 nitrogen and oxygen atoms in total. The van der Waals surface area contributed by atoms with Crippen molar-refractivity contribution in [2.45, 2.75) is 45.7 Å². The van der Waals surface area contributed by atoms with Gasteiger partial charge in [0.25, 0.3) is 0 Å². The van der Waals surface area contributed by atoms with Crippen molar-refractivity contribution >= 4 is 5.96 Å². The molecule has 0 radical (unpaired) electrons. The molecule has 2 rings (SSSR count). The van der Waals surface area contributed by atoms with Crippen molar-refractivity contribution in [3.63, 3.8) is 0 Å². The minimum absolute atomic E-state index is 0.264. The Morgan fingerprint density at radius 1 is 1.18 bits per heavy atom. The Bertz CT molecular complexity index is 763. The van der Waals surface area contributed by atoms with Gasteiger partial charge in [-0.3, -0.25) is 9.67 Å². The SMILES string of the molecule is CN=C(NCC(Cc1ccccc1)N(C)C)NC(C)Cc1c(C)nn(C)c1C. The van der Waals surface area contributed by atoms with Crippen molar-refractivity contribution in [3.8, 4) is 0 Å². The first-order valence-corrected chi connectivity index (χ1v) is 9.98. The average Bonchev–Trinajstić information content (AvgIpc) is 2.90. The minimum atomic E-state index is 0.264. The molecular formula is C22H36N6. The molecule has 2 unspecified atom stereocenters. The average molecular weight is 385 g/mol.